The predicted molar refractivity (Wildman–Crippen MR) is 87.9 cm³/mol. The Morgan fingerprint density at radius 1 is 1.43 bits per heavy atom. The quantitative estimate of drug-likeness (QED) is 0.501. The molecule has 4 nitrogen and oxygen atoms in total. The molecule has 1 saturated heterocycles. The van der Waals surface area contributed by atoms with Crippen molar-refractivity contribution in [2.24, 2.45) is 10.8 Å². The lowest BCUT2D eigenvalue weighted by Crippen LogP contribution is -2.40. The van der Waals surface area contributed by atoms with Crippen LogP contribution in [0.25, 0.3) is 0 Å². The summed E-state index contributed by atoms with van der Waals surface area (Å²) in [5.74, 6) is 0. The third-order valence-electron chi connectivity index (χ3n) is 3.73. The van der Waals surface area contributed by atoms with Gasteiger partial charge in [-0.2, -0.15) is 18.3 Å². The number of alkyl halides is 3. The maximum atomic E-state index is 12.8. The zero-order valence-electron chi connectivity index (χ0n) is 12.5. The highest BCUT2D eigenvalue weighted by Gasteiger charge is 2.30. The molecule has 0 aromatic heterocycles. The minimum atomic E-state index is -4.32. The minimum Gasteiger partial charge on any atom is -0.375 e. The van der Waals surface area contributed by atoms with Crippen molar-refractivity contribution in [2.45, 2.75) is 38.0 Å². The molecule has 126 valence electrons. The van der Waals surface area contributed by atoms with Crippen molar-refractivity contribution in [1.29, 1.82) is 0 Å². The summed E-state index contributed by atoms with van der Waals surface area (Å²) in [6.07, 6.45) is 0.377. The number of hydrogen-bond donors (Lipinski definition) is 2. The van der Waals surface area contributed by atoms with E-state index in [1.165, 1.54) is 12.1 Å². The Kier molecular flexibility index (Phi) is 5.95. The van der Waals surface area contributed by atoms with E-state index in [-0.39, 0.29) is 11.2 Å². The summed E-state index contributed by atoms with van der Waals surface area (Å²) in [5, 5.41) is 4.07. The molecule has 0 aliphatic carbocycles. The first-order chi connectivity index (χ1) is 10.9. The van der Waals surface area contributed by atoms with Crippen molar-refractivity contribution < 1.29 is 13.2 Å². The van der Waals surface area contributed by atoms with Gasteiger partial charge in [0.05, 0.1) is 5.56 Å². The van der Waals surface area contributed by atoms with E-state index in [0.717, 1.165) is 31.9 Å². The molecule has 1 heterocycles. The van der Waals surface area contributed by atoms with Crippen molar-refractivity contribution in [3.8, 4) is 0 Å². The summed E-state index contributed by atoms with van der Waals surface area (Å²) >= 11 is 4.68. The molecular formula is C15H19F3N4S. The van der Waals surface area contributed by atoms with Crippen LogP contribution in [0.15, 0.2) is 29.4 Å². The molecule has 1 aromatic carbocycles. The van der Waals surface area contributed by atoms with Crippen molar-refractivity contribution in [2.75, 3.05) is 6.54 Å². The van der Waals surface area contributed by atoms with E-state index in [1.54, 1.807) is 12.3 Å². The van der Waals surface area contributed by atoms with Crippen LogP contribution in [-0.4, -0.2) is 28.8 Å². The van der Waals surface area contributed by atoms with Gasteiger partial charge in [0.1, 0.15) is 0 Å². The number of benzene rings is 1. The molecule has 0 bridgehead atoms. The van der Waals surface area contributed by atoms with E-state index in [2.05, 4.69) is 27.6 Å². The van der Waals surface area contributed by atoms with E-state index < -0.39 is 11.7 Å². The van der Waals surface area contributed by atoms with Crippen LogP contribution in [0.4, 0.5) is 13.2 Å². The highest BCUT2D eigenvalue weighted by atomic mass is 32.1. The molecule has 1 aliphatic heterocycles. The molecule has 2 rings (SSSR count). The largest absolute Gasteiger partial charge is 0.416 e. The van der Waals surface area contributed by atoms with Crippen molar-refractivity contribution in [3.05, 3.63) is 35.4 Å². The van der Waals surface area contributed by atoms with E-state index in [4.69, 9.17) is 5.73 Å². The molecule has 1 aromatic rings. The molecule has 0 saturated carbocycles. The Morgan fingerprint density at radius 3 is 2.91 bits per heavy atom. The summed E-state index contributed by atoms with van der Waals surface area (Å²) in [4.78, 5) is 2.11. The second kappa shape index (κ2) is 7.74. The van der Waals surface area contributed by atoms with Crippen molar-refractivity contribution in [3.63, 3.8) is 0 Å². The fourth-order valence-electron chi connectivity index (χ4n) is 2.65. The molecule has 1 atom stereocenters. The lowest BCUT2D eigenvalue weighted by atomic mass is 10.0. The topological polar surface area (TPSA) is 53.6 Å². The third-order valence-corrected chi connectivity index (χ3v) is 3.82. The molecule has 0 amide bonds. The second-order valence-corrected chi connectivity index (χ2v) is 5.93. The lowest BCUT2D eigenvalue weighted by molar-refractivity contribution is -0.137. The van der Waals surface area contributed by atoms with Crippen LogP contribution in [0.2, 0.25) is 0 Å². The van der Waals surface area contributed by atoms with Crippen LogP contribution in [0.3, 0.4) is 0 Å². The first-order valence-corrected chi connectivity index (χ1v) is 7.76. The van der Waals surface area contributed by atoms with E-state index in [0.29, 0.717) is 12.1 Å². The van der Waals surface area contributed by atoms with Gasteiger partial charge in [-0.3, -0.25) is 10.3 Å². The van der Waals surface area contributed by atoms with Gasteiger partial charge in [0.2, 0.25) is 0 Å². The third kappa shape index (κ3) is 5.47. The van der Waals surface area contributed by atoms with Gasteiger partial charge in [0, 0.05) is 18.8 Å². The molecule has 3 N–H and O–H groups in total. The fourth-order valence-corrected chi connectivity index (χ4v) is 2.70. The minimum absolute atomic E-state index is 0.0557. The second-order valence-electron chi connectivity index (χ2n) is 5.49. The smallest absolute Gasteiger partial charge is 0.375 e. The molecule has 8 heteroatoms. The van der Waals surface area contributed by atoms with E-state index in [1.807, 2.05) is 0 Å². The van der Waals surface area contributed by atoms with E-state index in [9.17, 15) is 13.2 Å². The first kappa shape index (κ1) is 17.7. The van der Waals surface area contributed by atoms with Gasteiger partial charge in [-0.05, 0) is 43.2 Å². The Hall–Kier alpha value is -1.67. The van der Waals surface area contributed by atoms with Gasteiger partial charge in [0.15, 0.2) is 5.11 Å². The maximum Gasteiger partial charge on any atom is 0.416 e. The Morgan fingerprint density at radius 2 is 2.22 bits per heavy atom. The average molecular weight is 344 g/mol. The highest BCUT2D eigenvalue weighted by Crippen LogP contribution is 2.30. The number of hydrazone groups is 1. The molecule has 1 fully saturated rings. The lowest BCUT2D eigenvalue weighted by Gasteiger charge is -2.33. The Labute approximate surface area is 138 Å². The average Bonchev–Trinajstić information content (AvgIpc) is 2.48. The van der Waals surface area contributed by atoms with Crippen LogP contribution >= 0.6 is 12.2 Å². The predicted octanol–water partition coefficient (Wildman–Crippen LogP) is 2.88. The van der Waals surface area contributed by atoms with Gasteiger partial charge >= 0.3 is 6.18 Å². The standard InChI is InChI=1S/C15H19F3N4S/c16-15(17,18)12-5-3-4-11(8-12)10-22-7-2-1-6-13(22)9-20-21-14(19)23/h3-5,8-9,13H,1-2,6-7,10H2,(H3,19,21,23)/b20-9+. The summed E-state index contributed by atoms with van der Waals surface area (Å²) in [5.41, 5.74) is 7.84. The number of likely N-dealkylation sites (tertiary alicyclic amines) is 1. The number of piperidine rings is 1. The van der Waals surface area contributed by atoms with Gasteiger partial charge in [-0.25, -0.2) is 0 Å². The number of halogens is 3. The van der Waals surface area contributed by atoms with Crippen molar-refractivity contribution in [1.82, 2.24) is 10.3 Å². The number of thiocarbonyl (C=S) groups is 1. The normalized spacial score (nSPS) is 19.9. The van der Waals surface area contributed by atoms with Crippen molar-refractivity contribution >= 4 is 23.5 Å². The first-order valence-electron chi connectivity index (χ1n) is 7.35. The van der Waals surface area contributed by atoms with Gasteiger partial charge < -0.3 is 5.73 Å². The maximum absolute atomic E-state index is 12.8. The van der Waals surface area contributed by atoms with Crippen LogP contribution in [0.1, 0.15) is 30.4 Å². The highest BCUT2D eigenvalue weighted by molar-refractivity contribution is 7.80. The zero-order chi connectivity index (χ0) is 16.9. The zero-order valence-corrected chi connectivity index (χ0v) is 13.3. The molecular weight excluding hydrogens is 325 g/mol. The SMILES string of the molecule is NC(=S)N/N=C/C1CCCCN1Cc1cccc(C(F)(F)F)c1. The van der Waals surface area contributed by atoms with Crippen LogP contribution in [-0.2, 0) is 12.7 Å². The summed E-state index contributed by atoms with van der Waals surface area (Å²) in [7, 11) is 0. The number of rotatable bonds is 4. The number of nitrogens with one attached hydrogen (secondary N) is 1. The summed E-state index contributed by atoms with van der Waals surface area (Å²) in [6.45, 7) is 1.27. The molecule has 0 spiro atoms. The van der Waals surface area contributed by atoms with Gasteiger partial charge in [-0.1, -0.05) is 24.6 Å². The number of hydrogen-bond acceptors (Lipinski definition) is 3. The molecule has 1 aliphatic rings. The molecule has 0 radical (unpaired) electrons. The fraction of sp³-hybridized carbons (Fsp3) is 0.467. The Bertz CT molecular complexity index is 574. The summed E-state index contributed by atoms with van der Waals surface area (Å²) in [6, 6.07) is 5.51. The van der Waals surface area contributed by atoms with Crippen LogP contribution in [0.5, 0.6) is 0 Å². The Balaban J connectivity index is 2.07. The van der Waals surface area contributed by atoms with Gasteiger partial charge in [0.25, 0.3) is 0 Å². The van der Waals surface area contributed by atoms with Gasteiger partial charge in [-0.15, -0.1) is 0 Å². The molecule has 1 unspecified atom stereocenters. The van der Waals surface area contributed by atoms with Crippen LogP contribution in [0, 0.1) is 0 Å². The monoisotopic (exact) mass is 344 g/mol. The summed E-state index contributed by atoms with van der Waals surface area (Å²) < 4.78 is 38.4. The number of nitrogens with two attached hydrogens (primary N) is 1. The van der Waals surface area contributed by atoms with Crippen LogP contribution < -0.4 is 11.2 Å². The molecule has 23 heavy (non-hydrogen) atoms. The van der Waals surface area contributed by atoms with E-state index >= 15 is 0 Å². The number of nitrogens with zero attached hydrogens (tertiary/aromatic N) is 2.